The summed E-state index contributed by atoms with van der Waals surface area (Å²) in [5.41, 5.74) is 6.04. The maximum absolute atomic E-state index is 12.7. The molecule has 0 bridgehead atoms. The molecule has 13 heavy (non-hydrogen) atoms. The summed E-state index contributed by atoms with van der Waals surface area (Å²) in [6.07, 6.45) is 2.20. The van der Waals surface area contributed by atoms with Crippen LogP contribution in [0.3, 0.4) is 0 Å². The lowest BCUT2D eigenvalue weighted by Crippen LogP contribution is -1.89. The number of anilines is 1. The smallest absolute Gasteiger partial charge is 0.328 e. The summed E-state index contributed by atoms with van der Waals surface area (Å²) in [7, 11) is 0. The molecule has 0 aromatic heterocycles. The quantitative estimate of drug-likeness (QED) is 0.536. The van der Waals surface area contributed by atoms with Gasteiger partial charge < -0.3 is 10.8 Å². The molecule has 1 aromatic rings. The molecule has 0 saturated heterocycles. The average molecular weight is 181 g/mol. The Balaban J connectivity index is 2.95. The SMILES string of the molecule is Nc1cc(F)cc(/C=C/C(=O)O)c1. The van der Waals surface area contributed by atoms with Crippen LogP contribution in [0.4, 0.5) is 10.1 Å². The molecule has 0 spiro atoms. The van der Waals surface area contributed by atoms with Crippen LogP contribution >= 0.6 is 0 Å². The number of hydrogen-bond donors (Lipinski definition) is 2. The fourth-order valence-corrected chi connectivity index (χ4v) is 0.900. The van der Waals surface area contributed by atoms with Crippen LogP contribution in [0, 0.1) is 5.82 Å². The van der Waals surface area contributed by atoms with Crippen LogP contribution in [0.25, 0.3) is 6.08 Å². The normalized spacial score (nSPS) is 10.5. The summed E-state index contributed by atoms with van der Waals surface area (Å²) in [6.45, 7) is 0. The lowest BCUT2D eigenvalue weighted by atomic mass is 10.2. The van der Waals surface area contributed by atoms with E-state index in [2.05, 4.69) is 0 Å². The van der Waals surface area contributed by atoms with Crippen LogP contribution in [-0.2, 0) is 4.79 Å². The van der Waals surface area contributed by atoms with Crippen molar-refractivity contribution < 1.29 is 14.3 Å². The first-order chi connectivity index (χ1) is 6.08. The topological polar surface area (TPSA) is 63.3 Å². The van der Waals surface area contributed by atoms with Crippen LogP contribution in [0.2, 0.25) is 0 Å². The summed E-state index contributed by atoms with van der Waals surface area (Å²) in [5, 5.41) is 8.30. The molecule has 1 aromatic carbocycles. The number of aliphatic carboxylic acids is 1. The van der Waals surface area contributed by atoms with Gasteiger partial charge >= 0.3 is 5.97 Å². The van der Waals surface area contributed by atoms with E-state index in [-0.39, 0.29) is 5.69 Å². The van der Waals surface area contributed by atoms with Crippen molar-refractivity contribution in [1.29, 1.82) is 0 Å². The summed E-state index contributed by atoms with van der Waals surface area (Å²) in [4.78, 5) is 10.1. The van der Waals surface area contributed by atoms with Crippen molar-refractivity contribution in [2.45, 2.75) is 0 Å². The van der Waals surface area contributed by atoms with Gasteiger partial charge in [-0.15, -0.1) is 0 Å². The highest BCUT2D eigenvalue weighted by Gasteiger charge is 1.95. The molecule has 0 atom stereocenters. The first-order valence-corrected chi connectivity index (χ1v) is 3.55. The molecule has 3 nitrogen and oxygen atoms in total. The molecule has 1 rings (SSSR count). The van der Waals surface area contributed by atoms with E-state index >= 15 is 0 Å². The van der Waals surface area contributed by atoms with E-state index in [1.807, 2.05) is 0 Å². The molecule has 68 valence electrons. The predicted octanol–water partition coefficient (Wildman–Crippen LogP) is 1.51. The van der Waals surface area contributed by atoms with Crippen LogP contribution in [0.15, 0.2) is 24.3 Å². The van der Waals surface area contributed by atoms with Crippen molar-refractivity contribution in [2.24, 2.45) is 0 Å². The molecule has 0 heterocycles. The van der Waals surface area contributed by atoms with Gasteiger partial charge in [0.2, 0.25) is 0 Å². The number of halogens is 1. The maximum atomic E-state index is 12.7. The molecule has 0 aliphatic rings. The molecule has 0 fully saturated rings. The van der Waals surface area contributed by atoms with E-state index in [0.717, 1.165) is 12.1 Å². The average Bonchev–Trinajstić information content (AvgIpc) is 1.99. The van der Waals surface area contributed by atoms with E-state index < -0.39 is 11.8 Å². The largest absolute Gasteiger partial charge is 0.478 e. The molecular weight excluding hydrogens is 173 g/mol. The van der Waals surface area contributed by atoms with Gasteiger partial charge in [0.25, 0.3) is 0 Å². The monoisotopic (exact) mass is 181 g/mol. The zero-order valence-electron chi connectivity index (χ0n) is 6.70. The Morgan fingerprint density at radius 3 is 2.69 bits per heavy atom. The molecule has 0 aliphatic heterocycles. The van der Waals surface area contributed by atoms with Gasteiger partial charge in [0, 0.05) is 11.8 Å². The van der Waals surface area contributed by atoms with Gasteiger partial charge in [-0.3, -0.25) is 0 Å². The molecule has 0 radical (unpaired) electrons. The van der Waals surface area contributed by atoms with E-state index in [4.69, 9.17) is 10.8 Å². The Kier molecular flexibility index (Phi) is 2.64. The van der Waals surface area contributed by atoms with Gasteiger partial charge in [-0.25, -0.2) is 9.18 Å². The number of carboxylic acids is 1. The molecule has 0 aliphatic carbocycles. The number of nitrogens with two attached hydrogens (primary N) is 1. The second kappa shape index (κ2) is 3.71. The Bertz CT molecular complexity index is 340. The number of carboxylic acid groups (broad SMARTS) is 1. The van der Waals surface area contributed by atoms with Crippen molar-refractivity contribution >= 4 is 17.7 Å². The molecule has 4 heteroatoms. The van der Waals surface area contributed by atoms with Crippen LogP contribution in [0.1, 0.15) is 5.56 Å². The Morgan fingerprint density at radius 2 is 2.15 bits per heavy atom. The molecule has 3 N–H and O–H groups in total. The number of nitrogen functional groups attached to an aromatic ring is 1. The zero-order chi connectivity index (χ0) is 9.84. The zero-order valence-corrected chi connectivity index (χ0v) is 6.70. The highest BCUT2D eigenvalue weighted by atomic mass is 19.1. The first-order valence-electron chi connectivity index (χ1n) is 3.55. The first kappa shape index (κ1) is 9.25. The number of rotatable bonds is 2. The maximum Gasteiger partial charge on any atom is 0.328 e. The van der Waals surface area contributed by atoms with Gasteiger partial charge in [-0.2, -0.15) is 0 Å². The standard InChI is InChI=1S/C9H8FNO2/c10-7-3-6(1-2-9(12)13)4-8(11)5-7/h1-5H,11H2,(H,12,13)/b2-1+. The van der Waals surface area contributed by atoms with Crippen molar-refractivity contribution in [1.82, 2.24) is 0 Å². The van der Waals surface area contributed by atoms with Gasteiger partial charge in [0.05, 0.1) is 0 Å². The number of hydrogen-bond acceptors (Lipinski definition) is 2. The summed E-state index contributed by atoms with van der Waals surface area (Å²) in [6, 6.07) is 3.86. The molecular formula is C9H8FNO2. The van der Waals surface area contributed by atoms with E-state index in [1.54, 1.807) is 0 Å². The second-order valence-electron chi connectivity index (χ2n) is 2.49. The minimum atomic E-state index is -1.08. The summed E-state index contributed by atoms with van der Waals surface area (Å²) in [5.74, 6) is -1.56. The Morgan fingerprint density at radius 1 is 1.46 bits per heavy atom. The highest BCUT2D eigenvalue weighted by Crippen LogP contribution is 2.11. The van der Waals surface area contributed by atoms with Crippen LogP contribution in [-0.4, -0.2) is 11.1 Å². The van der Waals surface area contributed by atoms with E-state index in [1.165, 1.54) is 18.2 Å². The minimum Gasteiger partial charge on any atom is -0.478 e. The van der Waals surface area contributed by atoms with Gasteiger partial charge in [0.1, 0.15) is 5.82 Å². The van der Waals surface area contributed by atoms with Crippen molar-refractivity contribution in [3.8, 4) is 0 Å². The fraction of sp³-hybridized carbons (Fsp3) is 0. The van der Waals surface area contributed by atoms with Crippen molar-refractivity contribution in [3.05, 3.63) is 35.7 Å². The molecule has 0 unspecified atom stereocenters. The Hall–Kier alpha value is -1.84. The van der Waals surface area contributed by atoms with E-state index in [9.17, 15) is 9.18 Å². The third-order valence-electron chi connectivity index (χ3n) is 1.36. The van der Waals surface area contributed by atoms with Crippen LogP contribution < -0.4 is 5.73 Å². The fourth-order valence-electron chi connectivity index (χ4n) is 0.900. The number of carbonyl (C=O) groups is 1. The van der Waals surface area contributed by atoms with E-state index in [0.29, 0.717) is 5.56 Å². The summed E-state index contributed by atoms with van der Waals surface area (Å²) < 4.78 is 12.7. The molecule has 0 amide bonds. The second-order valence-corrected chi connectivity index (χ2v) is 2.49. The predicted molar refractivity (Wildman–Crippen MR) is 47.5 cm³/mol. The van der Waals surface area contributed by atoms with Crippen LogP contribution in [0.5, 0.6) is 0 Å². The third kappa shape index (κ3) is 2.94. The highest BCUT2D eigenvalue weighted by molar-refractivity contribution is 5.85. The summed E-state index contributed by atoms with van der Waals surface area (Å²) >= 11 is 0. The van der Waals surface area contributed by atoms with Gasteiger partial charge in [-0.1, -0.05) is 0 Å². The molecule has 0 saturated carbocycles. The minimum absolute atomic E-state index is 0.269. The Labute approximate surface area is 74.3 Å². The van der Waals surface area contributed by atoms with Gasteiger partial charge in [-0.05, 0) is 29.8 Å². The lowest BCUT2D eigenvalue weighted by molar-refractivity contribution is -0.131. The number of benzene rings is 1. The van der Waals surface area contributed by atoms with Gasteiger partial charge in [0.15, 0.2) is 0 Å². The van der Waals surface area contributed by atoms with Crippen molar-refractivity contribution in [3.63, 3.8) is 0 Å². The third-order valence-corrected chi connectivity index (χ3v) is 1.36. The van der Waals surface area contributed by atoms with Crippen molar-refractivity contribution in [2.75, 3.05) is 5.73 Å². The lowest BCUT2D eigenvalue weighted by Gasteiger charge is -1.96.